The number of carbonyl (C=O) groups is 1. The number of hydrogen-bond donors (Lipinski definition) is 1. The van der Waals surface area contributed by atoms with Crippen LogP contribution in [-0.2, 0) is 5.41 Å². The lowest BCUT2D eigenvalue weighted by molar-refractivity contribution is 0.0990. The molecular weight excluding hydrogens is 314 g/mol. The maximum atomic E-state index is 11.9. The molecule has 0 radical (unpaired) electrons. The number of hydrogen-bond acceptors (Lipinski definition) is 3. The molecule has 1 N–H and O–H groups in total. The molecule has 6 heteroatoms. The summed E-state index contributed by atoms with van der Waals surface area (Å²) < 4.78 is 0. The monoisotopic (exact) mass is 330 g/mol. The molecular formula is C17H17ClN3O2+. The second kappa shape index (κ2) is 6.73. The molecule has 2 aromatic rings. The number of phenolic OH excluding ortho intramolecular Hbond substituents is 1. The molecule has 0 bridgehead atoms. The molecule has 0 unspecified atom stereocenters. The quantitative estimate of drug-likeness (QED) is 0.635. The Bertz CT molecular complexity index is 786. The zero-order valence-corrected chi connectivity index (χ0v) is 13.9. The van der Waals surface area contributed by atoms with Gasteiger partial charge >= 0.3 is 5.91 Å². The highest BCUT2D eigenvalue weighted by Crippen LogP contribution is 2.24. The van der Waals surface area contributed by atoms with Gasteiger partial charge in [0.25, 0.3) is 0 Å². The molecule has 0 aliphatic carbocycles. The molecule has 2 rings (SSSR count). The number of rotatable bonds is 2. The highest BCUT2D eigenvalue weighted by molar-refractivity contribution is 6.31. The highest BCUT2D eigenvalue weighted by atomic mass is 35.5. The molecule has 1 amide bonds. The Morgan fingerprint density at radius 2 is 1.78 bits per heavy atom. The molecule has 0 fully saturated rings. The molecule has 0 saturated heterocycles. The Balaban J connectivity index is 2.17. The number of aromatic hydroxyl groups is 1. The Morgan fingerprint density at radius 1 is 1.13 bits per heavy atom. The maximum Gasteiger partial charge on any atom is 0.364 e. The van der Waals surface area contributed by atoms with Crippen molar-refractivity contribution in [2.45, 2.75) is 26.2 Å². The zero-order valence-electron chi connectivity index (χ0n) is 13.1. The first-order valence-electron chi connectivity index (χ1n) is 7.02. The van der Waals surface area contributed by atoms with E-state index < -0.39 is 5.91 Å². The van der Waals surface area contributed by atoms with Gasteiger partial charge in [0, 0.05) is 5.02 Å². The summed E-state index contributed by atoms with van der Waals surface area (Å²) >= 11 is 5.78. The lowest BCUT2D eigenvalue weighted by Gasteiger charge is -2.18. The summed E-state index contributed by atoms with van der Waals surface area (Å²) in [4.78, 5) is 15.4. The maximum absolute atomic E-state index is 11.9. The predicted molar refractivity (Wildman–Crippen MR) is 89.2 cm³/mol. The molecule has 0 aliphatic rings. The van der Waals surface area contributed by atoms with E-state index in [9.17, 15) is 9.90 Å². The molecule has 5 nitrogen and oxygen atoms in total. The molecule has 2 aromatic carbocycles. The van der Waals surface area contributed by atoms with Crippen LogP contribution in [0.4, 0.5) is 5.69 Å². The fourth-order valence-corrected chi connectivity index (χ4v) is 2.05. The molecule has 0 saturated carbocycles. The van der Waals surface area contributed by atoms with Crippen LogP contribution in [-0.4, -0.2) is 11.0 Å². The fourth-order valence-electron chi connectivity index (χ4n) is 1.88. The van der Waals surface area contributed by atoms with Gasteiger partial charge in [-0.1, -0.05) is 44.5 Å². The van der Waals surface area contributed by atoms with Gasteiger partial charge in [-0.25, -0.2) is 0 Å². The van der Waals surface area contributed by atoms with Crippen molar-refractivity contribution in [3.05, 3.63) is 58.6 Å². The normalized spacial score (nSPS) is 10.8. The van der Waals surface area contributed by atoms with Gasteiger partial charge in [-0.05, 0) is 41.3 Å². The summed E-state index contributed by atoms with van der Waals surface area (Å²) in [6.07, 6.45) is 0. The van der Waals surface area contributed by atoms with Crippen molar-refractivity contribution >= 4 is 23.2 Å². The van der Waals surface area contributed by atoms with E-state index in [1.165, 1.54) is 23.8 Å². The van der Waals surface area contributed by atoms with Gasteiger partial charge < -0.3 is 5.11 Å². The predicted octanol–water partition coefficient (Wildman–Crippen LogP) is 4.79. The minimum Gasteiger partial charge on any atom is -0.507 e. The SMILES string of the molecule is CC(C)(C)c1ccc(N=[N+]=NC(=O)c2cc(Cl)ccc2O)cc1. The molecule has 0 atom stereocenters. The minimum atomic E-state index is -0.708. The Labute approximate surface area is 139 Å². The zero-order chi connectivity index (χ0) is 17.0. The second-order valence-corrected chi connectivity index (χ2v) is 6.49. The van der Waals surface area contributed by atoms with E-state index in [0.29, 0.717) is 10.7 Å². The second-order valence-electron chi connectivity index (χ2n) is 6.05. The van der Waals surface area contributed by atoms with Crippen LogP contribution >= 0.6 is 11.6 Å². The largest absolute Gasteiger partial charge is 0.507 e. The molecule has 0 aliphatic heterocycles. The van der Waals surface area contributed by atoms with E-state index in [1.807, 2.05) is 12.1 Å². The van der Waals surface area contributed by atoms with Crippen molar-refractivity contribution in [3.63, 3.8) is 0 Å². The van der Waals surface area contributed by atoms with E-state index in [1.54, 1.807) is 12.1 Å². The van der Waals surface area contributed by atoms with Crippen LogP contribution in [0.5, 0.6) is 5.75 Å². The molecule has 0 spiro atoms. The van der Waals surface area contributed by atoms with Crippen molar-refractivity contribution in [2.24, 2.45) is 10.2 Å². The first-order valence-corrected chi connectivity index (χ1v) is 7.40. The topological polar surface area (TPSA) is 76.1 Å². The standard InChI is InChI=1S/C17H16ClN3O2/c1-17(2,3)11-4-7-13(8-5-11)19-21-20-16(23)14-10-12(18)6-9-15(14)22/h4-10H,1-3H3/p+1. The van der Waals surface area contributed by atoms with E-state index in [2.05, 4.69) is 35.9 Å². The van der Waals surface area contributed by atoms with E-state index in [4.69, 9.17) is 11.6 Å². The average molecular weight is 331 g/mol. The summed E-state index contributed by atoms with van der Waals surface area (Å²) in [5, 5.41) is 17.3. The fraction of sp³-hybridized carbons (Fsp3) is 0.235. The van der Waals surface area contributed by atoms with E-state index in [-0.39, 0.29) is 16.7 Å². The first-order chi connectivity index (χ1) is 10.8. The summed E-state index contributed by atoms with van der Waals surface area (Å²) in [6, 6.07) is 11.7. The summed E-state index contributed by atoms with van der Waals surface area (Å²) in [5.41, 5.74) is 1.80. The third-order valence-electron chi connectivity index (χ3n) is 3.22. The van der Waals surface area contributed by atoms with Crippen molar-refractivity contribution in [1.29, 1.82) is 0 Å². The number of benzene rings is 2. The average Bonchev–Trinajstić information content (AvgIpc) is 2.49. The third-order valence-corrected chi connectivity index (χ3v) is 3.45. The molecule has 118 valence electrons. The van der Waals surface area contributed by atoms with E-state index in [0.717, 1.165) is 0 Å². The van der Waals surface area contributed by atoms with Crippen molar-refractivity contribution in [3.8, 4) is 5.75 Å². The van der Waals surface area contributed by atoms with Gasteiger partial charge in [0.1, 0.15) is 5.75 Å². The van der Waals surface area contributed by atoms with Crippen LogP contribution in [0, 0.1) is 0 Å². The molecule has 0 heterocycles. The van der Waals surface area contributed by atoms with Gasteiger partial charge in [-0.3, -0.25) is 4.79 Å². The van der Waals surface area contributed by atoms with Crippen LogP contribution in [0.25, 0.3) is 0 Å². The van der Waals surface area contributed by atoms with Gasteiger partial charge in [-0.15, -0.1) is 0 Å². The smallest absolute Gasteiger partial charge is 0.364 e. The van der Waals surface area contributed by atoms with Crippen molar-refractivity contribution < 1.29 is 9.90 Å². The summed E-state index contributed by atoms with van der Waals surface area (Å²) in [7, 11) is 0. The van der Waals surface area contributed by atoms with Crippen LogP contribution in [0.2, 0.25) is 5.02 Å². The van der Waals surface area contributed by atoms with Crippen molar-refractivity contribution in [1.82, 2.24) is 4.91 Å². The Kier molecular flexibility index (Phi) is 4.94. The molecule has 23 heavy (non-hydrogen) atoms. The number of amides is 1. The lowest BCUT2D eigenvalue weighted by Crippen LogP contribution is -2.10. The van der Waals surface area contributed by atoms with Gasteiger partial charge in [-0.2, -0.15) is 0 Å². The first kappa shape index (κ1) is 16.9. The van der Waals surface area contributed by atoms with Crippen molar-refractivity contribution in [2.75, 3.05) is 0 Å². The Hall–Kier alpha value is -2.49. The van der Waals surface area contributed by atoms with Crippen LogP contribution in [0.3, 0.4) is 0 Å². The highest BCUT2D eigenvalue weighted by Gasteiger charge is 2.16. The minimum absolute atomic E-state index is 0.0143. The van der Waals surface area contributed by atoms with Gasteiger partial charge in [0.2, 0.25) is 10.0 Å². The van der Waals surface area contributed by atoms with Crippen LogP contribution < -0.4 is 4.91 Å². The summed E-state index contributed by atoms with van der Waals surface area (Å²) in [5.74, 6) is -0.909. The van der Waals surface area contributed by atoms with Gasteiger partial charge in [0.05, 0.1) is 5.56 Å². The van der Waals surface area contributed by atoms with Crippen LogP contribution in [0.15, 0.2) is 52.7 Å². The summed E-state index contributed by atoms with van der Waals surface area (Å²) in [6.45, 7) is 6.36. The van der Waals surface area contributed by atoms with Crippen LogP contribution in [0.1, 0.15) is 36.7 Å². The third kappa shape index (κ3) is 4.49. The number of carbonyl (C=O) groups excluding carboxylic acids is 1. The Morgan fingerprint density at radius 3 is 2.39 bits per heavy atom. The number of halogens is 1. The van der Waals surface area contributed by atoms with Gasteiger partial charge in [0.15, 0.2) is 10.8 Å². The van der Waals surface area contributed by atoms with E-state index >= 15 is 0 Å². The lowest BCUT2D eigenvalue weighted by atomic mass is 9.87. The molecule has 0 aromatic heterocycles. The number of nitrogens with zero attached hydrogens (tertiary/aromatic N) is 3. The number of phenols is 1.